The van der Waals surface area contributed by atoms with Gasteiger partial charge in [-0.05, 0) is 110 Å². The molecular formula is C67H62ClFN16O6. The molecule has 0 unspecified atom stereocenters. The van der Waals surface area contributed by atoms with Crippen molar-refractivity contribution >= 4 is 86.5 Å². The maximum Gasteiger partial charge on any atom is 0.335 e. The van der Waals surface area contributed by atoms with Gasteiger partial charge in [0.2, 0.25) is 0 Å². The summed E-state index contributed by atoms with van der Waals surface area (Å²) in [4.78, 5) is 63.5. The fourth-order valence-electron chi connectivity index (χ4n) is 10.7. The van der Waals surface area contributed by atoms with Crippen molar-refractivity contribution in [1.82, 2.24) is 48.1 Å². The first-order chi connectivity index (χ1) is 44.4. The van der Waals surface area contributed by atoms with E-state index in [0.717, 1.165) is 116 Å². The van der Waals surface area contributed by atoms with E-state index >= 15 is 0 Å². The predicted molar refractivity (Wildman–Crippen MR) is 350 cm³/mol. The fourth-order valence-corrected chi connectivity index (χ4v) is 10.9. The fraction of sp³-hybridized carbons (Fsp3) is 0.179. The maximum atomic E-state index is 13.6. The van der Waals surface area contributed by atoms with E-state index in [4.69, 9.17) is 36.4 Å². The lowest BCUT2D eigenvalue weighted by atomic mass is 10.1. The van der Waals surface area contributed by atoms with E-state index in [1.807, 2.05) is 124 Å². The molecule has 14 rings (SSSR count). The Labute approximate surface area is 526 Å². The molecule has 0 atom stereocenters. The zero-order chi connectivity index (χ0) is 62.8. The summed E-state index contributed by atoms with van der Waals surface area (Å²) < 4.78 is 24.7. The van der Waals surface area contributed by atoms with Crippen molar-refractivity contribution in [3.8, 4) is 33.8 Å². The summed E-state index contributed by atoms with van der Waals surface area (Å²) in [6, 6.07) is 40.1. The Hall–Kier alpha value is -11.0. The molecular weight excluding hydrogens is 1180 g/mol. The minimum Gasteiger partial charge on any atom is -0.478 e. The van der Waals surface area contributed by atoms with E-state index < -0.39 is 17.8 Å². The quantitative estimate of drug-likeness (QED) is 0.0604. The second kappa shape index (κ2) is 27.6. The molecule has 12 aromatic rings. The van der Waals surface area contributed by atoms with Crippen LogP contribution in [0, 0.1) is 5.82 Å². The molecule has 22 nitrogen and oxygen atoms in total. The number of morpholine rings is 1. The van der Waals surface area contributed by atoms with Crippen LogP contribution in [0.3, 0.4) is 0 Å². The predicted octanol–water partition coefficient (Wildman–Crippen LogP) is 11.2. The van der Waals surface area contributed by atoms with Crippen molar-refractivity contribution < 1.29 is 34.0 Å². The van der Waals surface area contributed by atoms with Crippen LogP contribution in [0.15, 0.2) is 195 Å². The third kappa shape index (κ3) is 14.0. The highest BCUT2D eigenvalue weighted by Crippen LogP contribution is 2.31. The molecule has 24 heteroatoms. The van der Waals surface area contributed by atoms with Crippen LogP contribution >= 0.6 is 11.6 Å². The summed E-state index contributed by atoms with van der Waals surface area (Å²) >= 11 is 5.95. The number of pyridine rings is 1. The Morgan fingerprint density at radius 3 is 1.70 bits per heavy atom. The number of aliphatic hydroxyl groups excluding tert-OH is 1. The van der Waals surface area contributed by atoms with Gasteiger partial charge in [-0.1, -0.05) is 41.9 Å². The van der Waals surface area contributed by atoms with Crippen molar-refractivity contribution in [2.24, 2.45) is 0 Å². The average molecular weight is 1240 g/mol. The number of fused-ring (bicyclic) bond motifs is 3. The van der Waals surface area contributed by atoms with Crippen molar-refractivity contribution in [1.29, 1.82) is 0 Å². The first kappa shape index (κ1) is 60.3. The normalized spacial score (nSPS) is 13.1. The van der Waals surface area contributed by atoms with Crippen LogP contribution in [0.2, 0.25) is 5.02 Å². The Morgan fingerprint density at radius 1 is 0.571 bits per heavy atom. The van der Waals surface area contributed by atoms with Crippen molar-refractivity contribution in [3.63, 3.8) is 0 Å². The SMILES string of the molecule is CCN(CCO)c1ccc(Nc2nc(-c3ccc(F)c(Cl)c3)cn3ccnc23)cc1.O=C(O)c1ccc(-c2cn3ccnc3c(N3CCN(c4ccccn4)CC3)n2)cc1.O=C(O)c1cccc(-c2cn3ccnc3c(Nc3ccc(N4CCOCC4)cc3)n2)c1. The summed E-state index contributed by atoms with van der Waals surface area (Å²) in [7, 11) is 0. The molecule has 2 aliphatic heterocycles. The highest BCUT2D eigenvalue weighted by atomic mass is 35.5. The molecule has 2 saturated heterocycles. The average Bonchev–Trinajstić information content (AvgIpc) is 2.19. The molecule has 9 heterocycles. The standard InChI is InChI=1S/C23H21N5O3.C22H21ClFN5O.C22H20N6O2/c29-23(30)17-3-1-2-16(14-17)20-15-28-9-8-24-22(28)21(26-20)25-18-4-6-19(7-5-18)27-10-12-31-13-11-27;1-2-28(11-12-30)17-6-4-16(5-7-17)26-21-22-25-9-10-29(22)14-20(27-21)15-3-8-19(24)18(23)13-15;29-22(30)17-6-4-16(5-7-17)18-15-28-10-9-24-20(28)21(25-18)27-13-11-26(12-14-27)19-3-1-2-8-23-19/h1-9,14-15H,10-13H2,(H,25,26)(H,29,30);3-10,13-14,30H,2,11-12H2,1H3,(H,26,27);1-10,15H,11-14H2,(H,29,30). The number of piperazine rings is 1. The summed E-state index contributed by atoms with van der Waals surface area (Å²) in [6.07, 6.45) is 18.2. The molecule has 0 aliphatic carbocycles. The minimum atomic E-state index is -0.968. The molecule has 2 aliphatic rings. The number of rotatable bonds is 16. The number of carboxylic acids is 2. The molecule has 460 valence electrons. The highest BCUT2D eigenvalue weighted by Gasteiger charge is 2.23. The first-order valence-corrected chi connectivity index (χ1v) is 29.8. The Morgan fingerprint density at radius 2 is 1.13 bits per heavy atom. The van der Waals surface area contributed by atoms with Crippen molar-refractivity contribution in [3.05, 3.63) is 217 Å². The summed E-state index contributed by atoms with van der Waals surface area (Å²) in [5.41, 5.74) is 11.0. The van der Waals surface area contributed by atoms with E-state index in [9.17, 15) is 24.2 Å². The molecule has 2 fully saturated rings. The van der Waals surface area contributed by atoms with E-state index in [-0.39, 0.29) is 22.8 Å². The molecule has 5 N–H and O–H groups in total. The number of benzene rings is 5. The van der Waals surface area contributed by atoms with Gasteiger partial charge in [-0.15, -0.1) is 0 Å². The summed E-state index contributed by atoms with van der Waals surface area (Å²) in [5.74, 6) is 0.625. The smallest absolute Gasteiger partial charge is 0.335 e. The minimum absolute atomic E-state index is 0.0495. The van der Waals surface area contributed by atoms with Gasteiger partial charge in [0.15, 0.2) is 34.4 Å². The Bertz CT molecular complexity index is 4480. The van der Waals surface area contributed by atoms with Gasteiger partial charge in [0.25, 0.3) is 0 Å². The van der Waals surface area contributed by atoms with Gasteiger partial charge < -0.3 is 63.5 Å². The molecule has 0 spiro atoms. The molecule has 91 heavy (non-hydrogen) atoms. The number of anilines is 8. The third-order valence-electron chi connectivity index (χ3n) is 15.5. The van der Waals surface area contributed by atoms with Gasteiger partial charge >= 0.3 is 11.9 Å². The Balaban J connectivity index is 0.000000132. The molecule has 0 amide bonds. The lowest BCUT2D eigenvalue weighted by Crippen LogP contribution is -2.47. The van der Waals surface area contributed by atoms with Crippen LogP contribution in [0.4, 0.5) is 50.4 Å². The number of hydrogen-bond donors (Lipinski definition) is 5. The number of nitrogens with one attached hydrogen (secondary N) is 2. The van der Waals surface area contributed by atoms with E-state index in [1.54, 1.807) is 73.2 Å². The van der Waals surface area contributed by atoms with Crippen molar-refractivity contribution in [2.45, 2.75) is 6.92 Å². The summed E-state index contributed by atoms with van der Waals surface area (Å²) in [6.45, 7) is 10.2. The number of aromatic nitrogens is 10. The van der Waals surface area contributed by atoms with Gasteiger partial charge in [-0.2, -0.15) is 0 Å². The molecule has 5 aromatic carbocycles. The number of carbonyl (C=O) groups is 2. The van der Waals surface area contributed by atoms with Crippen LogP contribution in [-0.2, 0) is 4.74 Å². The van der Waals surface area contributed by atoms with Crippen LogP contribution in [0.25, 0.3) is 50.7 Å². The second-order valence-electron chi connectivity index (χ2n) is 21.2. The van der Waals surface area contributed by atoms with Gasteiger partial charge in [0.1, 0.15) is 11.6 Å². The van der Waals surface area contributed by atoms with Crippen LogP contribution in [-0.4, -0.2) is 148 Å². The van der Waals surface area contributed by atoms with Crippen LogP contribution < -0.4 is 30.2 Å². The molecule has 0 bridgehead atoms. The van der Waals surface area contributed by atoms with E-state index in [2.05, 4.69) is 62.3 Å². The lowest BCUT2D eigenvalue weighted by molar-refractivity contribution is 0.0686. The number of halogens is 2. The largest absolute Gasteiger partial charge is 0.478 e. The number of aromatic carboxylic acids is 2. The van der Waals surface area contributed by atoms with Gasteiger partial charge in [-0.3, -0.25) is 0 Å². The third-order valence-corrected chi connectivity index (χ3v) is 15.7. The lowest BCUT2D eigenvalue weighted by Gasteiger charge is -2.36. The number of aliphatic hydroxyl groups is 1. The highest BCUT2D eigenvalue weighted by molar-refractivity contribution is 6.31. The number of imidazole rings is 3. The number of ether oxygens (including phenoxy) is 1. The number of hydrogen-bond acceptors (Lipinski definition) is 17. The van der Waals surface area contributed by atoms with Crippen molar-refractivity contribution in [2.75, 3.05) is 102 Å². The molecule has 7 aromatic heterocycles. The van der Waals surface area contributed by atoms with Crippen LogP contribution in [0.1, 0.15) is 27.6 Å². The van der Waals surface area contributed by atoms with Gasteiger partial charge in [0, 0.05) is 154 Å². The number of carboxylic acid groups (broad SMARTS) is 2. The zero-order valence-electron chi connectivity index (χ0n) is 49.3. The molecule has 0 saturated carbocycles. The number of nitrogens with zero attached hydrogens (tertiary/aromatic N) is 14. The van der Waals surface area contributed by atoms with Crippen LogP contribution in [0.5, 0.6) is 0 Å². The summed E-state index contributed by atoms with van der Waals surface area (Å²) in [5, 5.41) is 34.4. The molecule has 0 radical (unpaired) electrons. The van der Waals surface area contributed by atoms with Gasteiger partial charge in [0.05, 0.1) is 53.1 Å². The van der Waals surface area contributed by atoms with E-state index in [1.165, 1.54) is 6.07 Å². The first-order valence-electron chi connectivity index (χ1n) is 29.4. The second-order valence-corrected chi connectivity index (χ2v) is 21.6. The topological polar surface area (TPSA) is 245 Å². The monoisotopic (exact) mass is 1240 g/mol. The number of likely N-dealkylation sites (N-methyl/N-ethyl adjacent to an activating group) is 1. The zero-order valence-corrected chi connectivity index (χ0v) is 50.1. The van der Waals surface area contributed by atoms with Gasteiger partial charge in [-0.25, -0.2) is 48.9 Å². The van der Waals surface area contributed by atoms with E-state index in [0.29, 0.717) is 46.4 Å². The Kier molecular flexibility index (Phi) is 18.3. The maximum absolute atomic E-state index is 13.6.